The highest BCUT2D eigenvalue weighted by Gasteiger charge is 2.31. The standard InChI is InChI=1S/C18H34N6O3S.HI/c1-16(17(25)22-7-3-4-8-22)21-11-13-23(14-12-21)18(19-2)20-6-10-24-9-5-15-28(24,26)27;/h16H,3-15H2,1-2H3,(H,19,20);1H. The summed E-state index contributed by atoms with van der Waals surface area (Å²) in [6.45, 7) is 8.70. The van der Waals surface area contributed by atoms with Gasteiger partial charge in [0.15, 0.2) is 5.96 Å². The number of nitrogens with one attached hydrogen (secondary N) is 1. The molecule has 3 fully saturated rings. The molecule has 3 aliphatic heterocycles. The molecule has 0 aliphatic carbocycles. The van der Waals surface area contributed by atoms with E-state index in [9.17, 15) is 13.2 Å². The van der Waals surface area contributed by atoms with Crippen LogP contribution in [0.2, 0.25) is 0 Å². The summed E-state index contributed by atoms with van der Waals surface area (Å²) < 4.78 is 25.3. The average Bonchev–Trinajstić information content (AvgIpc) is 3.34. The van der Waals surface area contributed by atoms with E-state index in [-0.39, 0.29) is 41.7 Å². The van der Waals surface area contributed by atoms with E-state index in [2.05, 4.69) is 20.1 Å². The summed E-state index contributed by atoms with van der Waals surface area (Å²) in [6.07, 6.45) is 2.95. The van der Waals surface area contributed by atoms with Gasteiger partial charge in [-0.2, -0.15) is 0 Å². The Labute approximate surface area is 191 Å². The van der Waals surface area contributed by atoms with Gasteiger partial charge in [0.1, 0.15) is 0 Å². The van der Waals surface area contributed by atoms with Gasteiger partial charge >= 0.3 is 0 Å². The summed E-state index contributed by atoms with van der Waals surface area (Å²) in [4.78, 5) is 23.4. The maximum Gasteiger partial charge on any atom is 0.239 e. The molecule has 0 saturated carbocycles. The number of rotatable bonds is 5. The van der Waals surface area contributed by atoms with Crippen LogP contribution in [0.5, 0.6) is 0 Å². The summed E-state index contributed by atoms with van der Waals surface area (Å²) >= 11 is 0. The van der Waals surface area contributed by atoms with Crippen molar-refractivity contribution in [1.82, 2.24) is 24.3 Å². The lowest BCUT2D eigenvalue weighted by molar-refractivity contribution is -0.135. The molecule has 3 aliphatic rings. The SMILES string of the molecule is CN=C(NCCN1CCCS1(=O)=O)N1CCN(C(C)C(=O)N2CCCC2)CC1.I. The summed E-state index contributed by atoms with van der Waals surface area (Å²) in [6, 6.07) is -0.0735. The molecule has 0 aromatic heterocycles. The predicted molar refractivity (Wildman–Crippen MR) is 125 cm³/mol. The Kier molecular flexibility index (Phi) is 9.42. The Morgan fingerprint density at radius 1 is 1.00 bits per heavy atom. The third kappa shape index (κ3) is 6.17. The normalized spacial score (nSPS) is 24.4. The third-order valence-corrected chi connectivity index (χ3v) is 7.95. The molecule has 0 spiro atoms. The Bertz CT molecular complexity index is 675. The molecule has 11 heteroatoms. The fourth-order valence-electron chi connectivity index (χ4n) is 4.25. The van der Waals surface area contributed by atoms with E-state index >= 15 is 0 Å². The second-order valence-electron chi connectivity index (χ2n) is 7.77. The predicted octanol–water partition coefficient (Wildman–Crippen LogP) is -0.156. The number of hydrogen-bond donors (Lipinski definition) is 1. The van der Waals surface area contributed by atoms with Crippen LogP contribution in [0.3, 0.4) is 0 Å². The maximum atomic E-state index is 12.6. The fraction of sp³-hybridized carbons (Fsp3) is 0.889. The number of hydrogen-bond acceptors (Lipinski definition) is 5. The molecule has 9 nitrogen and oxygen atoms in total. The molecule has 1 atom stereocenters. The number of amides is 1. The van der Waals surface area contributed by atoms with E-state index in [1.807, 2.05) is 11.8 Å². The zero-order valence-electron chi connectivity index (χ0n) is 17.5. The molecule has 168 valence electrons. The van der Waals surface area contributed by atoms with Crippen LogP contribution >= 0.6 is 24.0 Å². The van der Waals surface area contributed by atoms with Gasteiger partial charge in [-0.15, -0.1) is 24.0 Å². The van der Waals surface area contributed by atoms with Gasteiger partial charge in [-0.25, -0.2) is 12.7 Å². The molecule has 0 aromatic carbocycles. The quantitative estimate of drug-likeness (QED) is 0.295. The highest BCUT2D eigenvalue weighted by molar-refractivity contribution is 14.0. The van der Waals surface area contributed by atoms with Crippen LogP contribution in [0.15, 0.2) is 4.99 Å². The lowest BCUT2D eigenvalue weighted by Gasteiger charge is -2.39. The lowest BCUT2D eigenvalue weighted by Crippen LogP contribution is -2.57. The number of carbonyl (C=O) groups is 1. The van der Waals surface area contributed by atoms with Crippen LogP contribution in [0.25, 0.3) is 0 Å². The first-order valence-corrected chi connectivity index (χ1v) is 12.0. The fourth-order valence-corrected chi connectivity index (χ4v) is 5.77. The van der Waals surface area contributed by atoms with Gasteiger partial charge in [0, 0.05) is 66.0 Å². The minimum absolute atomic E-state index is 0. The van der Waals surface area contributed by atoms with E-state index < -0.39 is 10.0 Å². The van der Waals surface area contributed by atoms with Crippen LogP contribution < -0.4 is 5.32 Å². The summed E-state index contributed by atoms with van der Waals surface area (Å²) in [5, 5.41) is 3.29. The first kappa shape index (κ1) is 24.6. The monoisotopic (exact) mass is 542 g/mol. The van der Waals surface area contributed by atoms with E-state index in [0.717, 1.165) is 58.1 Å². The molecule has 1 amide bonds. The third-order valence-electron chi connectivity index (χ3n) is 6.00. The average molecular weight is 542 g/mol. The first-order chi connectivity index (χ1) is 13.4. The number of halogens is 1. The Hall–Kier alpha value is -0.660. The molecule has 1 N–H and O–H groups in total. The smallest absolute Gasteiger partial charge is 0.239 e. The molecule has 3 rings (SSSR count). The van der Waals surface area contributed by atoms with Crippen molar-refractivity contribution in [1.29, 1.82) is 0 Å². The zero-order valence-corrected chi connectivity index (χ0v) is 20.7. The van der Waals surface area contributed by atoms with Crippen molar-refractivity contribution in [3.8, 4) is 0 Å². The largest absolute Gasteiger partial charge is 0.355 e. The van der Waals surface area contributed by atoms with Crippen LogP contribution in [0.4, 0.5) is 0 Å². The number of guanidine groups is 1. The van der Waals surface area contributed by atoms with Crippen molar-refractivity contribution < 1.29 is 13.2 Å². The van der Waals surface area contributed by atoms with Gasteiger partial charge in [-0.05, 0) is 26.2 Å². The number of carbonyl (C=O) groups excluding carboxylic acids is 1. The molecular weight excluding hydrogens is 507 g/mol. The van der Waals surface area contributed by atoms with Gasteiger partial charge in [0.2, 0.25) is 15.9 Å². The zero-order chi connectivity index (χ0) is 20.1. The van der Waals surface area contributed by atoms with Crippen molar-refractivity contribution in [2.75, 3.05) is 71.7 Å². The van der Waals surface area contributed by atoms with Crippen molar-refractivity contribution in [2.24, 2.45) is 4.99 Å². The number of aliphatic imine (C=N–C) groups is 1. The Morgan fingerprint density at radius 2 is 1.66 bits per heavy atom. The lowest BCUT2D eigenvalue weighted by atomic mass is 10.2. The Balaban J connectivity index is 0.00000300. The number of likely N-dealkylation sites (tertiary alicyclic amines) is 1. The van der Waals surface area contributed by atoms with E-state index in [4.69, 9.17) is 0 Å². The van der Waals surface area contributed by atoms with Gasteiger partial charge in [0.05, 0.1) is 11.8 Å². The number of sulfonamides is 1. The number of nitrogens with zero attached hydrogens (tertiary/aromatic N) is 5. The van der Waals surface area contributed by atoms with Crippen LogP contribution in [0, 0.1) is 0 Å². The van der Waals surface area contributed by atoms with E-state index in [1.54, 1.807) is 11.4 Å². The topological polar surface area (TPSA) is 88.6 Å². The molecule has 1 unspecified atom stereocenters. The second-order valence-corrected chi connectivity index (χ2v) is 9.86. The highest BCUT2D eigenvalue weighted by atomic mass is 127. The summed E-state index contributed by atoms with van der Waals surface area (Å²) in [7, 11) is -1.30. The number of piperazine rings is 1. The second kappa shape index (κ2) is 11.1. The minimum atomic E-state index is -3.05. The maximum absolute atomic E-state index is 12.6. The molecule has 3 heterocycles. The van der Waals surface area contributed by atoms with Crippen molar-refractivity contribution in [3.05, 3.63) is 0 Å². The minimum Gasteiger partial charge on any atom is -0.355 e. The molecule has 0 bridgehead atoms. The highest BCUT2D eigenvalue weighted by Crippen LogP contribution is 2.14. The summed E-state index contributed by atoms with van der Waals surface area (Å²) in [5.74, 6) is 1.31. The van der Waals surface area contributed by atoms with E-state index in [1.165, 1.54) is 0 Å². The molecule has 29 heavy (non-hydrogen) atoms. The molecule has 0 radical (unpaired) electrons. The first-order valence-electron chi connectivity index (χ1n) is 10.4. The molecule has 3 saturated heterocycles. The Morgan fingerprint density at radius 3 is 2.21 bits per heavy atom. The van der Waals surface area contributed by atoms with Crippen LogP contribution in [-0.2, 0) is 14.8 Å². The molecule has 0 aromatic rings. The van der Waals surface area contributed by atoms with E-state index in [0.29, 0.717) is 26.1 Å². The summed E-state index contributed by atoms with van der Waals surface area (Å²) in [5.41, 5.74) is 0. The van der Waals surface area contributed by atoms with Gasteiger partial charge in [0.25, 0.3) is 0 Å². The van der Waals surface area contributed by atoms with Gasteiger partial charge in [-0.1, -0.05) is 0 Å². The van der Waals surface area contributed by atoms with Crippen molar-refractivity contribution in [2.45, 2.75) is 32.2 Å². The van der Waals surface area contributed by atoms with Crippen LogP contribution in [-0.4, -0.2) is 117 Å². The molecular formula is C18H35IN6O3S. The van der Waals surface area contributed by atoms with Gasteiger partial charge < -0.3 is 15.1 Å². The van der Waals surface area contributed by atoms with Crippen molar-refractivity contribution in [3.63, 3.8) is 0 Å². The van der Waals surface area contributed by atoms with Gasteiger partial charge in [-0.3, -0.25) is 14.7 Å². The van der Waals surface area contributed by atoms with Crippen LogP contribution in [0.1, 0.15) is 26.2 Å². The van der Waals surface area contributed by atoms with Crippen molar-refractivity contribution >= 4 is 45.9 Å².